The van der Waals surface area contributed by atoms with Crippen molar-refractivity contribution in [3.63, 3.8) is 0 Å². The van der Waals surface area contributed by atoms with Gasteiger partial charge in [0, 0.05) is 7.05 Å². The van der Waals surface area contributed by atoms with E-state index in [2.05, 4.69) is 15.5 Å². The second kappa shape index (κ2) is 7.10. The fourth-order valence-corrected chi connectivity index (χ4v) is 2.68. The normalized spacial score (nSPS) is 14.0. The molecule has 0 spiro atoms. The molecule has 0 bridgehead atoms. The fraction of sp³-hybridized carbons (Fsp3) is 0.471. The highest BCUT2D eigenvalue weighted by atomic mass is 16.7. The molecule has 134 valence electrons. The summed E-state index contributed by atoms with van der Waals surface area (Å²) in [5, 5.41) is 11.2. The first-order valence-corrected chi connectivity index (χ1v) is 8.16. The summed E-state index contributed by atoms with van der Waals surface area (Å²) in [5.74, 6) is 3.09. The maximum Gasteiger partial charge on any atom is 0.234 e. The van der Waals surface area contributed by atoms with Crippen molar-refractivity contribution in [3.05, 3.63) is 35.4 Å². The molecule has 1 amide bonds. The Bertz CT molecular complexity index is 774. The van der Waals surface area contributed by atoms with Crippen molar-refractivity contribution in [2.45, 2.75) is 26.4 Å². The smallest absolute Gasteiger partial charge is 0.234 e. The van der Waals surface area contributed by atoms with Crippen LogP contribution in [-0.2, 0) is 18.4 Å². The summed E-state index contributed by atoms with van der Waals surface area (Å²) in [5.41, 5.74) is 0.976. The van der Waals surface area contributed by atoms with Crippen LogP contribution in [0.5, 0.6) is 11.5 Å². The molecule has 1 aliphatic heterocycles. The third-order valence-corrected chi connectivity index (χ3v) is 4.28. The Hall–Kier alpha value is -2.61. The van der Waals surface area contributed by atoms with Crippen molar-refractivity contribution in [1.29, 1.82) is 0 Å². The molecule has 8 heteroatoms. The first-order chi connectivity index (χ1) is 11.9. The predicted octanol–water partition coefficient (Wildman–Crippen LogP) is 1.16. The van der Waals surface area contributed by atoms with Crippen LogP contribution in [0.3, 0.4) is 0 Å². The van der Waals surface area contributed by atoms with Crippen LogP contribution in [0.15, 0.2) is 18.2 Å². The molecule has 1 aromatic heterocycles. The zero-order valence-corrected chi connectivity index (χ0v) is 14.9. The average Bonchev–Trinajstić information content (AvgIpc) is 3.15. The highest BCUT2D eigenvalue weighted by molar-refractivity contribution is 5.78. The third-order valence-electron chi connectivity index (χ3n) is 4.28. The van der Waals surface area contributed by atoms with Gasteiger partial charge in [-0.05, 0) is 38.6 Å². The molecule has 0 saturated carbocycles. The predicted molar refractivity (Wildman–Crippen MR) is 91.2 cm³/mol. The molecule has 0 saturated heterocycles. The van der Waals surface area contributed by atoms with Gasteiger partial charge in [-0.2, -0.15) is 0 Å². The quantitative estimate of drug-likeness (QED) is 0.846. The number of nitrogens with one attached hydrogen (secondary N) is 1. The van der Waals surface area contributed by atoms with E-state index in [1.54, 1.807) is 0 Å². The van der Waals surface area contributed by atoms with E-state index in [9.17, 15) is 4.79 Å². The number of hydrogen-bond acceptors (Lipinski definition) is 6. The Morgan fingerprint density at radius 1 is 1.36 bits per heavy atom. The lowest BCUT2D eigenvalue weighted by Gasteiger charge is -2.19. The topological polar surface area (TPSA) is 81.5 Å². The summed E-state index contributed by atoms with van der Waals surface area (Å²) >= 11 is 0. The summed E-state index contributed by atoms with van der Waals surface area (Å²) < 4.78 is 12.6. The maximum absolute atomic E-state index is 12.3. The minimum Gasteiger partial charge on any atom is -0.454 e. The Labute approximate surface area is 146 Å². The van der Waals surface area contributed by atoms with Crippen LogP contribution in [0.4, 0.5) is 0 Å². The molecule has 1 N–H and O–H groups in total. The largest absolute Gasteiger partial charge is 0.454 e. The number of aryl methyl sites for hydroxylation is 1. The van der Waals surface area contributed by atoms with Gasteiger partial charge < -0.3 is 19.4 Å². The number of likely N-dealkylation sites (N-methyl/N-ethyl adjacent to an activating group) is 1. The van der Waals surface area contributed by atoms with E-state index in [-0.39, 0.29) is 25.3 Å². The number of carbonyl (C=O) groups is 1. The molecule has 2 heterocycles. The molecular weight excluding hydrogens is 322 g/mol. The van der Waals surface area contributed by atoms with Gasteiger partial charge in [0.25, 0.3) is 0 Å². The second-order valence-electron chi connectivity index (χ2n) is 6.30. The lowest BCUT2D eigenvalue weighted by molar-refractivity contribution is -0.122. The average molecular weight is 345 g/mol. The van der Waals surface area contributed by atoms with Gasteiger partial charge >= 0.3 is 0 Å². The SMILES string of the molecule is Cc1nnc(CN(C)CC(=O)N[C@@H](C)c2ccc3c(c2)OCO3)n1C. The van der Waals surface area contributed by atoms with Gasteiger partial charge in [-0.15, -0.1) is 10.2 Å². The summed E-state index contributed by atoms with van der Waals surface area (Å²) in [6.07, 6.45) is 0. The minimum atomic E-state index is -0.118. The van der Waals surface area contributed by atoms with Crippen molar-refractivity contribution < 1.29 is 14.3 Å². The Morgan fingerprint density at radius 3 is 2.84 bits per heavy atom. The van der Waals surface area contributed by atoms with Crippen LogP contribution in [0.1, 0.15) is 30.2 Å². The summed E-state index contributed by atoms with van der Waals surface area (Å²) in [6, 6.07) is 5.58. The van der Waals surface area contributed by atoms with Crippen molar-refractivity contribution in [1.82, 2.24) is 25.0 Å². The number of fused-ring (bicyclic) bond motifs is 1. The van der Waals surface area contributed by atoms with Crippen LogP contribution < -0.4 is 14.8 Å². The highest BCUT2D eigenvalue weighted by Gasteiger charge is 2.18. The van der Waals surface area contributed by atoms with Crippen LogP contribution >= 0.6 is 0 Å². The van der Waals surface area contributed by atoms with Gasteiger partial charge in [-0.25, -0.2) is 0 Å². The van der Waals surface area contributed by atoms with E-state index < -0.39 is 0 Å². The van der Waals surface area contributed by atoms with Gasteiger partial charge in [-0.3, -0.25) is 9.69 Å². The van der Waals surface area contributed by atoms with Crippen LogP contribution in [0.25, 0.3) is 0 Å². The van der Waals surface area contributed by atoms with Gasteiger partial charge in [0.1, 0.15) is 11.6 Å². The zero-order chi connectivity index (χ0) is 18.0. The number of hydrogen-bond donors (Lipinski definition) is 1. The molecule has 1 aromatic carbocycles. The number of rotatable bonds is 6. The Balaban J connectivity index is 1.54. The standard InChI is InChI=1S/C17H23N5O3/c1-11(13-5-6-14-15(7-13)25-10-24-14)18-17(23)9-21(3)8-16-20-19-12(2)22(16)4/h5-7,11H,8-10H2,1-4H3,(H,18,23)/t11-/m0/s1. The van der Waals surface area contributed by atoms with E-state index in [1.807, 2.05) is 55.6 Å². The molecule has 0 fully saturated rings. The van der Waals surface area contributed by atoms with Crippen LogP contribution in [-0.4, -0.2) is 46.0 Å². The van der Waals surface area contributed by atoms with E-state index in [0.717, 1.165) is 23.0 Å². The van der Waals surface area contributed by atoms with Crippen molar-refractivity contribution >= 4 is 5.91 Å². The molecule has 1 aliphatic rings. The fourth-order valence-electron chi connectivity index (χ4n) is 2.68. The first kappa shape index (κ1) is 17.2. The van der Waals surface area contributed by atoms with E-state index in [4.69, 9.17) is 9.47 Å². The summed E-state index contributed by atoms with van der Waals surface area (Å²) in [6.45, 7) is 4.92. The second-order valence-corrected chi connectivity index (χ2v) is 6.30. The monoisotopic (exact) mass is 345 g/mol. The van der Waals surface area contributed by atoms with E-state index in [1.165, 1.54) is 0 Å². The van der Waals surface area contributed by atoms with Crippen LogP contribution in [0.2, 0.25) is 0 Å². The molecule has 8 nitrogen and oxygen atoms in total. The number of amides is 1. The maximum atomic E-state index is 12.3. The Kier molecular flexibility index (Phi) is 4.89. The molecule has 0 aliphatic carbocycles. The summed E-state index contributed by atoms with van der Waals surface area (Å²) in [7, 11) is 3.80. The third kappa shape index (κ3) is 3.90. The lowest BCUT2D eigenvalue weighted by atomic mass is 10.1. The van der Waals surface area contributed by atoms with E-state index in [0.29, 0.717) is 12.3 Å². The van der Waals surface area contributed by atoms with Gasteiger partial charge in [-0.1, -0.05) is 6.07 Å². The molecular formula is C17H23N5O3. The van der Waals surface area contributed by atoms with E-state index >= 15 is 0 Å². The molecule has 0 radical (unpaired) electrons. The van der Waals surface area contributed by atoms with Crippen molar-refractivity contribution in [3.8, 4) is 11.5 Å². The van der Waals surface area contributed by atoms with Gasteiger partial charge in [0.05, 0.1) is 19.1 Å². The highest BCUT2D eigenvalue weighted by Crippen LogP contribution is 2.34. The van der Waals surface area contributed by atoms with Gasteiger partial charge in [0.2, 0.25) is 12.7 Å². The number of ether oxygens (including phenoxy) is 2. The van der Waals surface area contributed by atoms with Crippen molar-refractivity contribution in [2.75, 3.05) is 20.4 Å². The first-order valence-electron chi connectivity index (χ1n) is 8.16. The lowest BCUT2D eigenvalue weighted by Crippen LogP contribution is -2.36. The minimum absolute atomic E-state index is 0.0495. The molecule has 0 unspecified atom stereocenters. The number of benzene rings is 1. The molecule has 1 atom stereocenters. The summed E-state index contributed by atoms with van der Waals surface area (Å²) in [4.78, 5) is 14.2. The number of aromatic nitrogens is 3. The Morgan fingerprint density at radius 2 is 2.12 bits per heavy atom. The molecule has 25 heavy (non-hydrogen) atoms. The number of nitrogens with zero attached hydrogens (tertiary/aromatic N) is 4. The molecule has 3 rings (SSSR count). The van der Waals surface area contributed by atoms with Crippen LogP contribution in [0, 0.1) is 6.92 Å². The molecule has 2 aromatic rings. The zero-order valence-electron chi connectivity index (χ0n) is 14.9. The number of carbonyl (C=O) groups excluding carboxylic acids is 1. The van der Waals surface area contributed by atoms with Gasteiger partial charge in [0.15, 0.2) is 11.5 Å². The van der Waals surface area contributed by atoms with Crippen molar-refractivity contribution in [2.24, 2.45) is 7.05 Å².